The van der Waals surface area contributed by atoms with Crippen molar-refractivity contribution in [2.24, 2.45) is 17.4 Å². The lowest BCUT2D eigenvalue weighted by atomic mass is 9.89. The lowest BCUT2D eigenvalue weighted by Gasteiger charge is -2.27. The summed E-state index contributed by atoms with van der Waals surface area (Å²) in [4.78, 5) is 131. The van der Waals surface area contributed by atoms with Gasteiger partial charge < -0.3 is 58.8 Å². The minimum absolute atomic E-state index is 0.0254. The van der Waals surface area contributed by atoms with E-state index in [4.69, 9.17) is 11.5 Å². The van der Waals surface area contributed by atoms with Crippen molar-refractivity contribution < 1.29 is 48.3 Å². The molecule has 7 atom stereocenters. The summed E-state index contributed by atoms with van der Waals surface area (Å²) in [7, 11) is 0. The predicted octanol–water partition coefficient (Wildman–Crippen LogP) is 7.57. The van der Waals surface area contributed by atoms with E-state index in [-0.39, 0.29) is 69.7 Å². The molecule has 3 heterocycles. The van der Waals surface area contributed by atoms with Gasteiger partial charge in [-0.2, -0.15) is 0 Å². The fourth-order valence-corrected chi connectivity index (χ4v) is 12.3. The predicted molar refractivity (Wildman–Crippen MR) is 369 cm³/mol. The van der Waals surface area contributed by atoms with E-state index < -0.39 is 95.7 Å². The normalized spacial score (nSPS) is 19.1. The molecule has 5 aromatic rings. The van der Waals surface area contributed by atoms with E-state index in [9.17, 15) is 38.7 Å². The van der Waals surface area contributed by atoms with Crippen LogP contribution in [-0.4, -0.2) is 127 Å². The highest BCUT2D eigenvalue weighted by atomic mass is 79.9. The lowest BCUT2D eigenvalue weighted by molar-refractivity contribution is -0.135. The highest BCUT2D eigenvalue weighted by molar-refractivity contribution is 9.10. The quantitative estimate of drug-likeness (QED) is 0.0181. The van der Waals surface area contributed by atoms with Crippen LogP contribution in [0.15, 0.2) is 89.7 Å². The highest BCUT2D eigenvalue weighted by Gasteiger charge is 2.35. The first kappa shape index (κ1) is 76.0. The minimum Gasteiger partial charge on any atom is -0.508 e. The number of rotatable bonds is 33. The standard InChI is InChI=1S/C71H102BrN13O10/c1-3-4-5-6-7-8-9-10-11-12-13-14-15-29-65(89)75-39-22-19-26-58(66(74)90)78-68(92)59-28-20-23-40-85-47-54(83-84-85)45-63(77-48(2)86)71(95)82-62(43-52-46-76-57-25-17-16-24-56(52)57)70(94)80-60(27-18-21-38-73)69(93)81-61(42-50-32-36-55(87)37-33-50)64(88)44-51(67(91)79-59)41-49-30-34-53(72)35-31-49/h16-17,24-25,30-37,46-47,51,58-63,76,87H,3-15,18-23,26-29,38-45,73H2,1-2H3,(H2,74,90)(H,75,89)(H,77,86)(H,78,92)(H,79,91)(H,80,94)(H,81,93)(H,82,95)/t51-,58-,59-,60+,61+,62+,63-/m1/s1. The van der Waals surface area contributed by atoms with E-state index in [0.29, 0.717) is 73.9 Å². The van der Waals surface area contributed by atoms with Crippen molar-refractivity contribution in [3.63, 3.8) is 0 Å². The van der Waals surface area contributed by atoms with Gasteiger partial charge in [0, 0.05) is 79.4 Å². The molecule has 13 N–H and O–H groups in total. The number of nitrogens with two attached hydrogens (primary N) is 2. The summed E-state index contributed by atoms with van der Waals surface area (Å²) in [6.45, 7) is 4.43. The Kier molecular flexibility index (Phi) is 33.4. The highest BCUT2D eigenvalue weighted by Crippen LogP contribution is 2.23. The van der Waals surface area contributed by atoms with Gasteiger partial charge in [-0.25, -0.2) is 0 Å². The summed E-state index contributed by atoms with van der Waals surface area (Å²) in [5, 5.41) is 39.6. The van der Waals surface area contributed by atoms with Gasteiger partial charge in [0.1, 0.15) is 36.0 Å². The fraction of sp³-hybridized carbons (Fsp3) is 0.563. The number of nitrogens with zero attached hydrogens (tertiary/aromatic N) is 3. The Balaban J connectivity index is 1.23. The Bertz CT molecular complexity index is 3230. The number of ketones is 1. The number of amides is 8. The number of para-hydroxylation sites is 1. The number of primary amides is 1. The largest absolute Gasteiger partial charge is 0.508 e. The third kappa shape index (κ3) is 27.7. The molecule has 2 bridgehead atoms. The number of unbranched alkanes of at least 4 members (excludes halogenated alkanes) is 14. The number of phenols is 1. The number of benzene rings is 3. The number of aryl methyl sites for hydroxylation is 1. The summed E-state index contributed by atoms with van der Waals surface area (Å²) < 4.78 is 2.32. The Morgan fingerprint density at radius 1 is 0.695 bits per heavy atom. The van der Waals surface area contributed by atoms with Gasteiger partial charge in [0.05, 0.1) is 11.7 Å². The van der Waals surface area contributed by atoms with Crippen LogP contribution >= 0.6 is 15.9 Å². The summed E-state index contributed by atoms with van der Waals surface area (Å²) in [5.74, 6) is -6.59. The SMILES string of the molecule is CCCCCCCCCCCCCCCC(=O)NCCCC[C@@H](NC(=O)[C@H]1CCCCn2cc(nn2)C[C@@H](NC(C)=O)C(=O)N[C@@H](Cc2c[nH]c3ccccc23)C(=O)N[C@@H](CCCCN)C(=O)N[C@@H](Cc2ccc(O)cc2)C(=O)C[C@@H](Cc2ccc(Br)cc2)C(=O)N1)C(N)=O. The number of aromatic nitrogens is 4. The molecule has 6 rings (SSSR count). The molecule has 1 aliphatic rings. The van der Waals surface area contributed by atoms with Crippen molar-refractivity contribution >= 4 is 79.9 Å². The van der Waals surface area contributed by atoms with Crippen molar-refractivity contribution in [2.45, 2.75) is 236 Å². The first-order valence-electron chi connectivity index (χ1n) is 34.4. The fourth-order valence-electron chi connectivity index (χ4n) is 12.0. The maximum atomic E-state index is 15.2. The van der Waals surface area contributed by atoms with Gasteiger partial charge >= 0.3 is 0 Å². The number of halogens is 1. The van der Waals surface area contributed by atoms with Crippen molar-refractivity contribution in [3.8, 4) is 5.75 Å². The summed E-state index contributed by atoms with van der Waals surface area (Å²) in [5.41, 5.74) is 14.9. The van der Waals surface area contributed by atoms with E-state index >= 15 is 9.59 Å². The molecule has 0 saturated heterocycles. The average molecular weight is 1380 g/mol. The third-order valence-electron chi connectivity index (χ3n) is 17.5. The summed E-state index contributed by atoms with van der Waals surface area (Å²) in [6.07, 6.45) is 21.8. The molecular weight excluding hydrogens is 1270 g/mol. The Labute approximate surface area is 567 Å². The monoisotopic (exact) mass is 1380 g/mol. The van der Waals surface area contributed by atoms with Crippen molar-refractivity contribution in [2.75, 3.05) is 13.1 Å². The van der Waals surface area contributed by atoms with Crippen LogP contribution in [0.1, 0.15) is 190 Å². The molecule has 0 saturated carbocycles. The van der Waals surface area contributed by atoms with Crippen LogP contribution in [-0.2, 0) is 75.4 Å². The number of hydrogen-bond acceptors (Lipinski definition) is 13. The van der Waals surface area contributed by atoms with E-state index in [2.05, 4.69) is 75.4 Å². The van der Waals surface area contributed by atoms with Crippen LogP contribution in [0.25, 0.3) is 10.9 Å². The van der Waals surface area contributed by atoms with Crippen molar-refractivity contribution in [1.29, 1.82) is 0 Å². The number of carbonyl (C=O) groups is 9. The van der Waals surface area contributed by atoms with Gasteiger partial charge in [-0.15, -0.1) is 5.10 Å². The topological polar surface area (TPSA) is 357 Å². The molecule has 0 fully saturated rings. The Morgan fingerprint density at radius 3 is 2.02 bits per heavy atom. The van der Waals surface area contributed by atoms with Crippen molar-refractivity contribution in [3.05, 3.63) is 112 Å². The van der Waals surface area contributed by atoms with Gasteiger partial charge in [0.25, 0.3) is 0 Å². The molecule has 0 radical (unpaired) electrons. The second-order valence-electron chi connectivity index (χ2n) is 25.4. The number of H-pyrrole nitrogens is 1. The molecule has 24 heteroatoms. The van der Waals surface area contributed by atoms with E-state index in [0.717, 1.165) is 34.6 Å². The Morgan fingerprint density at radius 2 is 1.34 bits per heavy atom. The number of fused-ring (bicyclic) bond motifs is 3. The smallest absolute Gasteiger partial charge is 0.243 e. The second kappa shape index (κ2) is 41.8. The summed E-state index contributed by atoms with van der Waals surface area (Å²) >= 11 is 3.48. The zero-order valence-electron chi connectivity index (χ0n) is 55.5. The molecule has 2 aromatic heterocycles. The molecule has 8 amide bonds. The maximum Gasteiger partial charge on any atom is 0.243 e. The van der Waals surface area contributed by atoms with E-state index in [1.807, 2.05) is 24.3 Å². The molecule has 3 aromatic carbocycles. The number of carbonyl (C=O) groups excluding carboxylic acids is 9. The summed E-state index contributed by atoms with van der Waals surface area (Å²) in [6, 6.07) is 13.2. The molecule has 0 unspecified atom stereocenters. The second-order valence-corrected chi connectivity index (χ2v) is 26.3. The maximum absolute atomic E-state index is 15.2. The number of aromatic hydroxyl groups is 1. The molecule has 0 spiro atoms. The number of phenolic OH excluding ortho intramolecular Hbond substituents is 1. The van der Waals surface area contributed by atoms with Crippen LogP contribution in [0, 0.1) is 5.92 Å². The van der Waals surface area contributed by atoms with Crippen LogP contribution in [0.5, 0.6) is 5.75 Å². The van der Waals surface area contributed by atoms with Gasteiger partial charge in [0.15, 0.2) is 5.78 Å². The first-order chi connectivity index (χ1) is 45.9. The molecule has 23 nitrogen and oxygen atoms in total. The van der Waals surface area contributed by atoms with Gasteiger partial charge in [-0.05, 0) is 131 Å². The molecule has 0 aliphatic carbocycles. The molecule has 95 heavy (non-hydrogen) atoms. The average Bonchev–Trinajstić information content (AvgIpc) is 1.80. The minimum atomic E-state index is -1.31. The van der Waals surface area contributed by atoms with Crippen LogP contribution in [0.4, 0.5) is 0 Å². The zero-order chi connectivity index (χ0) is 68.3. The molecule has 518 valence electrons. The van der Waals surface area contributed by atoms with Gasteiger partial charge in [-0.1, -0.05) is 148 Å². The van der Waals surface area contributed by atoms with Crippen LogP contribution in [0.3, 0.4) is 0 Å². The molecular formula is C71H102BrN13O10. The van der Waals surface area contributed by atoms with E-state index in [1.165, 1.54) is 83.3 Å². The third-order valence-corrected chi connectivity index (χ3v) is 18.0. The number of Topliss-reactive ketones (excluding diaryl/α,β-unsaturated/α-hetero) is 1. The van der Waals surface area contributed by atoms with Crippen molar-refractivity contribution in [1.82, 2.24) is 57.2 Å². The number of aromatic amines is 1. The van der Waals surface area contributed by atoms with Gasteiger partial charge in [-0.3, -0.25) is 47.8 Å². The lowest BCUT2D eigenvalue weighted by Crippen LogP contribution is -2.58. The van der Waals surface area contributed by atoms with Gasteiger partial charge in [0.2, 0.25) is 47.3 Å². The number of hydrogen-bond donors (Lipinski definition) is 11. The Hall–Kier alpha value is -7.99. The van der Waals surface area contributed by atoms with Crippen LogP contribution < -0.4 is 48.7 Å². The number of nitrogens with one attached hydrogen (secondary N) is 8. The first-order valence-corrected chi connectivity index (χ1v) is 35.2. The zero-order valence-corrected chi connectivity index (χ0v) is 57.1. The van der Waals surface area contributed by atoms with Crippen LogP contribution in [0.2, 0.25) is 0 Å². The molecule has 1 aliphatic heterocycles. The van der Waals surface area contributed by atoms with E-state index in [1.54, 1.807) is 53.5 Å².